The summed E-state index contributed by atoms with van der Waals surface area (Å²) in [5.74, 6) is 2.06. The molecule has 4 saturated heterocycles. The zero-order chi connectivity index (χ0) is 12.2. The van der Waals surface area contributed by atoms with E-state index in [2.05, 4.69) is 11.9 Å². The summed E-state index contributed by atoms with van der Waals surface area (Å²) in [6.07, 6.45) is 10.5. The highest BCUT2D eigenvalue weighted by molar-refractivity contribution is 4.96. The molecule has 0 aliphatic carbocycles. The molecule has 0 aromatic rings. The maximum absolute atomic E-state index is 2.89. The molecule has 0 amide bonds. The molecule has 0 aromatic carbocycles. The lowest BCUT2D eigenvalue weighted by molar-refractivity contribution is -0.951. The molecule has 0 saturated carbocycles. The highest BCUT2D eigenvalue weighted by atomic mass is 127. The Bertz CT molecular complexity index is 335. The van der Waals surface area contributed by atoms with Crippen molar-refractivity contribution < 1.29 is 28.5 Å². The summed E-state index contributed by atoms with van der Waals surface area (Å²) < 4.78 is 1.44. The lowest BCUT2D eigenvalue weighted by Gasteiger charge is -2.60. The number of halogens is 1. The first-order chi connectivity index (χ1) is 8.76. The molecule has 1 unspecified atom stereocenters. The topological polar surface area (TPSA) is 3.24 Å². The molecule has 0 radical (unpaired) electrons. The summed E-state index contributed by atoms with van der Waals surface area (Å²) in [6.45, 7) is 5.83. The van der Waals surface area contributed by atoms with Crippen LogP contribution >= 0.6 is 0 Å². The summed E-state index contributed by atoms with van der Waals surface area (Å²) in [4.78, 5) is 2.89. The average Bonchev–Trinajstić information content (AvgIpc) is 2.38. The van der Waals surface area contributed by atoms with E-state index in [0.29, 0.717) is 0 Å². The average molecular weight is 376 g/mol. The van der Waals surface area contributed by atoms with Crippen molar-refractivity contribution in [1.29, 1.82) is 0 Å². The third-order valence-electron chi connectivity index (χ3n) is 6.70. The van der Waals surface area contributed by atoms with Gasteiger partial charge in [0.15, 0.2) is 0 Å². The smallest absolute Gasteiger partial charge is 0.0929 e. The largest absolute Gasteiger partial charge is 1.00 e. The molecule has 4 rings (SSSR count). The summed E-state index contributed by atoms with van der Waals surface area (Å²) in [7, 11) is 2.58. The van der Waals surface area contributed by atoms with Gasteiger partial charge in [-0.3, -0.25) is 4.90 Å². The van der Waals surface area contributed by atoms with Crippen LogP contribution in [0.4, 0.5) is 0 Å². The van der Waals surface area contributed by atoms with Gasteiger partial charge in [-0.15, -0.1) is 0 Å². The highest BCUT2D eigenvalue weighted by Gasteiger charge is 2.53. The molecule has 4 heterocycles. The fourth-order valence-electron chi connectivity index (χ4n) is 5.99. The molecule has 4 aliphatic rings. The minimum Gasteiger partial charge on any atom is -1.00 e. The maximum Gasteiger partial charge on any atom is 0.0929 e. The van der Waals surface area contributed by atoms with E-state index in [1.54, 1.807) is 6.42 Å². The van der Waals surface area contributed by atoms with Gasteiger partial charge in [0, 0.05) is 24.4 Å². The summed E-state index contributed by atoms with van der Waals surface area (Å²) in [6, 6.07) is 1.98. The van der Waals surface area contributed by atoms with Crippen molar-refractivity contribution in [3.63, 3.8) is 0 Å². The van der Waals surface area contributed by atoms with Crippen LogP contribution in [-0.4, -0.2) is 54.7 Å². The Hall–Kier alpha value is 0.650. The van der Waals surface area contributed by atoms with Crippen LogP contribution in [0.2, 0.25) is 0 Å². The van der Waals surface area contributed by atoms with Crippen LogP contribution in [0.3, 0.4) is 0 Å². The maximum atomic E-state index is 2.89. The molecule has 2 nitrogen and oxygen atoms in total. The Kier molecular flexibility index (Phi) is 4.18. The van der Waals surface area contributed by atoms with Crippen molar-refractivity contribution in [2.75, 3.05) is 33.2 Å². The highest BCUT2D eigenvalue weighted by Crippen LogP contribution is 2.45. The molecule has 5 atom stereocenters. The number of hydrogen-bond donors (Lipinski definition) is 0. The zero-order valence-electron chi connectivity index (χ0n) is 12.4. The number of fused-ring (bicyclic) bond motifs is 6. The van der Waals surface area contributed by atoms with Crippen molar-refractivity contribution in [3.05, 3.63) is 0 Å². The van der Waals surface area contributed by atoms with Gasteiger partial charge >= 0.3 is 0 Å². The van der Waals surface area contributed by atoms with Crippen LogP contribution in [-0.2, 0) is 0 Å². The van der Waals surface area contributed by atoms with Gasteiger partial charge in [0.1, 0.15) is 0 Å². The van der Waals surface area contributed by atoms with E-state index in [1.807, 2.05) is 0 Å². The number of nitrogens with zero attached hydrogens (tertiary/aromatic N) is 2. The van der Waals surface area contributed by atoms with Crippen molar-refractivity contribution in [2.24, 2.45) is 11.8 Å². The van der Waals surface area contributed by atoms with E-state index >= 15 is 0 Å². The molecule has 0 aromatic heterocycles. The molecular formula is C16H29IN2. The summed E-state index contributed by atoms with van der Waals surface area (Å²) >= 11 is 0. The molecule has 4 aliphatic heterocycles. The zero-order valence-corrected chi connectivity index (χ0v) is 14.5. The van der Waals surface area contributed by atoms with Gasteiger partial charge in [0.2, 0.25) is 0 Å². The quantitative estimate of drug-likeness (QED) is 0.407. The first-order valence-corrected chi connectivity index (χ1v) is 8.34. The Morgan fingerprint density at radius 1 is 1.00 bits per heavy atom. The van der Waals surface area contributed by atoms with Crippen molar-refractivity contribution >= 4 is 0 Å². The molecule has 3 heteroatoms. The fourth-order valence-corrected chi connectivity index (χ4v) is 5.99. The first-order valence-electron chi connectivity index (χ1n) is 8.34. The lowest BCUT2D eigenvalue weighted by Crippen LogP contribution is -3.00. The second kappa shape index (κ2) is 5.45. The predicted octanol–water partition coefficient (Wildman–Crippen LogP) is -0.506. The van der Waals surface area contributed by atoms with Gasteiger partial charge < -0.3 is 28.5 Å². The van der Waals surface area contributed by atoms with E-state index in [9.17, 15) is 0 Å². The minimum absolute atomic E-state index is 0. The van der Waals surface area contributed by atoms with Gasteiger partial charge in [-0.2, -0.15) is 0 Å². The Morgan fingerprint density at radius 2 is 1.84 bits per heavy atom. The monoisotopic (exact) mass is 376 g/mol. The number of piperidine rings is 4. The van der Waals surface area contributed by atoms with Crippen LogP contribution in [0, 0.1) is 11.8 Å². The van der Waals surface area contributed by atoms with Gasteiger partial charge in [0.25, 0.3) is 0 Å². The van der Waals surface area contributed by atoms with Crippen molar-refractivity contribution in [2.45, 2.75) is 57.0 Å². The SMILES string of the molecule is C[N+]12CCCC[C@@H]1[C@H]1C[C@H](C2)[C@H]2CCCCN2C1.[I-]. The summed E-state index contributed by atoms with van der Waals surface area (Å²) in [5.41, 5.74) is 0. The number of hydrogen-bond acceptors (Lipinski definition) is 1. The van der Waals surface area contributed by atoms with E-state index in [1.165, 1.54) is 69.2 Å². The van der Waals surface area contributed by atoms with Gasteiger partial charge in [-0.1, -0.05) is 6.42 Å². The fraction of sp³-hybridized carbons (Fsp3) is 1.00. The Labute approximate surface area is 135 Å². The standard InChI is InChI=1S/C16H29N2.HI/c1-18-9-5-3-7-16(18)13-10-14(12-18)15-6-2-4-8-17(15)11-13;/h13-16H,2-12H2,1H3;1H/q+1;/p-1/t13-,14+,15+,16+,18?;/m0./s1. The number of quaternary nitrogens is 1. The molecule has 19 heavy (non-hydrogen) atoms. The number of rotatable bonds is 0. The minimum atomic E-state index is 0. The van der Waals surface area contributed by atoms with E-state index < -0.39 is 0 Å². The second-order valence-corrected chi connectivity index (χ2v) is 7.76. The summed E-state index contributed by atoms with van der Waals surface area (Å²) in [5, 5.41) is 0. The van der Waals surface area contributed by atoms with E-state index in [4.69, 9.17) is 0 Å². The van der Waals surface area contributed by atoms with E-state index in [-0.39, 0.29) is 24.0 Å². The van der Waals surface area contributed by atoms with Crippen LogP contribution in [0.1, 0.15) is 44.9 Å². The van der Waals surface area contributed by atoms with Crippen LogP contribution < -0.4 is 24.0 Å². The van der Waals surface area contributed by atoms with Crippen LogP contribution in [0.15, 0.2) is 0 Å². The van der Waals surface area contributed by atoms with Gasteiger partial charge in [-0.25, -0.2) is 0 Å². The lowest BCUT2D eigenvalue weighted by atomic mass is 9.70. The first kappa shape index (κ1) is 14.6. The van der Waals surface area contributed by atoms with Gasteiger partial charge in [-0.05, 0) is 45.1 Å². The molecule has 0 N–H and O–H groups in total. The third-order valence-corrected chi connectivity index (χ3v) is 6.70. The molecule has 2 bridgehead atoms. The van der Waals surface area contributed by atoms with Crippen LogP contribution in [0.25, 0.3) is 0 Å². The van der Waals surface area contributed by atoms with E-state index in [0.717, 1.165) is 23.9 Å². The van der Waals surface area contributed by atoms with Crippen LogP contribution in [0.5, 0.6) is 0 Å². The molecular weight excluding hydrogens is 347 g/mol. The second-order valence-electron chi connectivity index (χ2n) is 7.76. The van der Waals surface area contributed by atoms with Crippen molar-refractivity contribution in [1.82, 2.24) is 4.90 Å². The van der Waals surface area contributed by atoms with Crippen molar-refractivity contribution in [3.8, 4) is 0 Å². The Morgan fingerprint density at radius 3 is 2.74 bits per heavy atom. The normalized spacial score (nSPS) is 49.7. The Balaban J connectivity index is 0.00000110. The molecule has 4 fully saturated rings. The molecule has 110 valence electrons. The van der Waals surface area contributed by atoms with Gasteiger partial charge in [0.05, 0.1) is 26.2 Å². The molecule has 0 spiro atoms. The predicted molar refractivity (Wildman–Crippen MR) is 74.4 cm³/mol. The third kappa shape index (κ3) is 2.38.